The third kappa shape index (κ3) is 6.05. The Morgan fingerprint density at radius 2 is 2.05 bits per heavy atom. The van der Waals surface area contributed by atoms with Crippen LogP contribution in [0.1, 0.15) is 51.9 Å². The highest BCUT2D eigenvalue weighted by Gasteiger charge is 2.28. The van der Waals surface area contributed by atoms with Gasteiger partial charge in [-0.15, -0.1) is 0 Å². The smallest absolute Gasteiger partial charge is 0.223 e. The zero-order valence-corrected chi connectivity index (χ0v) is 11.9. The van der Waals surface area contributed by atoms with Crippen molar-refractivity contribution in [2.24, 2.45) is 23.3 Å². The molecule has 0 bridgehead atoms. The van der Waals surface area contributed by atoms with Crippen LogP contribution < -0.4 is 16.8 Å². The van der Waals surface area contributed by atoms with Crippen molar-refractivity contribution in [2.75, 3.05) is 6.54 Å². The highest BCUT2D eigenvalue weighted by molar-refractivity contribution is 5.78. The topological polar surface area (TPSA) is 98.2 Å². The molecule has 0 aromatic carbocycles. The van der Waals surface area contributed by atoms with Gasteiger partial charge in [-0.2, -0.15) is 0 Å². The van der Waals surface area contributed by atoms with Crippen molar-refractivity contribution in [1.82, 2.24) is 5.32 Å². The number of amides is 2. The molecule has 1 saturated carbocycles. The fraction of sp³-hybridized carbons (Fsp3) is 0.857. The van der Waals surface area contributed by atoms with Crippen molar-refractivity contribution >= 4 is 11.8 Å². The van der Waals surface area contributed by atoms with Crippen molar-refractivity contribution < 1.29 is 9.59 Å². The molecule has 1 fully saturated rings. The molecule has 1 aliphatic rings. The summed E-state index contributed by atoms with van der Waals surface area (Å²) in [5, 5.41) is 2.94. The Bertz CT molecular complexity index is 307. The maximum atomic E-state index is 12.0. The lowest BCUT2D eigenvalue weighted by Crippen LogP contribution is -2.38. The van der Waals surface area contributed by atoms with E-state index < -0.39 is 0 Å². The maximum absolute atomic E-state index is 12.0. The second-order valence-electron chi connectivity index (χ2n) is 5.69. The van der Waals surface area contributed by atoms with E-state index in [-0.39, 0.29) is 23.8 Å². The normalized spacial score (nSPS) is 24.7. The van der Waals surface area contributed by atoms with Gasteiger partial charge in [-0.25, -0.2) is 0 Å². The minimum Gasteiger partial charge on any atom is -0.370 e. The molecule has 2 amide bonds. The van der Waals surface area contributed by atoms with Gasteiger partial charge >= 0.3 is 0 Å². The lowest BCUT2D eigenvalue weighted by molar-refractivity contribution is -0.126. The molecule has 0 saturated heterocycles. The molecule has 0 radical (unpaired) electrons. The van der Waals surface area contributed by atoms with E-state index in [1.54, 1.807) is 0 Å². The minimum absolute atomic E-state index is 0.0301. The molecule has 110 valence electrons. The van der Waals surface area contributed by atoms with Crippen LogP contribution in [0.4, 0.5) is 0 Å². The summed E-state index contributed by atoms with van der Waals surface area (Å²) < 4.78 is 0. The summed E-state index contributed by atoms with van der Waals surface area (Å²) in [4.78, 5) is 22.6. The van der Waals surface area contributed by atoms with E-state index in [4.69, 9.17) is 11.5 Å². The van der Waals surface area contributed by atoms with E-state index in [1.807, 2.05) is 6.92 Å². The number of unbranched alkanes of at least 4 members (excludes halogenated alkanes) is 1. The van der Waals surface area contributed by atoms with Gasteiger partial charge in [0.25, 0.3) is 0 Å². The summed E-state index contributed by atoms with van der Waals surface area (Å²) in [6, 6.07) is 0.254. The number of rotatable bonds is 7. The average Bonchev–Trinajstić information content (AvgIpc) is 2.36. The summed E-state index contributed by atoms with van der Waals surface area (Å²) in [5.74, 6) is 0.269. The zero-order chi connectivity index (χ0) is 14.3. The molecule has 0 aromatic heterocycles. The van der Waals surface area contributed by atoms with Crippen molar-refractivity contribution in [3.05, 3.63) is 0 Å². The Hall–Kier alpha value is -1.10. The molecule has 0 aromatic rings. The van der Waals surface area contributed by atoms with Crippen LogP contribution in [0.5, 0.6) is 0 Å². The summed E-state index contributed by atoms with van der Waals surface area (Å²) in [6.07, 6.45) is 6.19. The van der Waals surface area contributed by atoms with Crippen LogP contribution in [0, 0.1) is 11.8 Å². The lowest BCUT2D eigenvalue weighted by Gasteiger charge is -2.30. The first-order valence-corrected chi connectivity index (χ1v) is 7.32. The van der Waals surface area contributed by atoms with E-state index in [2.05, 4.69) is 5.32 Å². The number of hydrogen-bond donors (Lipinski definition) is 3. The first kappa shape index (κ1) is 16.0. The van der Waals surface area contributed by atoms with E-state index in [0.29, 0.717) is 18.9 Å². The van der Waals surface area contributed by atoms with Gasteiger partial charge in [-0.05, 0) is 38.0 Å². The van der Waals surface area contributed by atoms with Crippen LogP contribution in [-0.4, -0.2) is 24.4 Å². The standard InChI is InChI=1S/C14H27N3O2/c1-10(11-5-4-6-12(15)9-11)14(19)17-8-3-2-7-13(16)18/h10-12H,2-9,15H2,1H3,(H2,16,18)(H,17,19). The summed E-state index contributed by atoms with van der Waals surface area (Å²) in [5.41, 5.74) is 11.0. The van der Waals surface area contributed by atoms with Crippen LogP contribution in [0.15, 0.2) is 0 Å². The van der Waals surface area contributed by atoms with Crippen LogP contribution >= 0.6 is 0 Å². The van der Waals surface area contributed by atoms with Crippen LogP contribution in [-0.2, 0) is 9.59 Å². The fourth-order valence-corrected chi connectivity index (χ4v) is 2.73. The lowest BCUT2D eigenvalue weighted by atomic mass is 9.78. The molecule has 0 heterocycles. The van der Waals surface area contributed by atoms with Gasteiger partial charge in [-0.3, -0.25) is 9.59 Å². The Morgan fingerprint density at radius 1 is 1.32 bits per heavy atom. The Kier molecular flexibility index (Phi) is 6.84. The quantitative estimate of drug-likeness (QED) is 0.599. The highest BCUT2D eigenvalue weighted by Crippen LogP contribution is 2.29. The number of primary amides is 1. The molecule has 0 aliphatic heterocycles. The maximum Gasteiger partial charge on any atom is 0.223 e. The van der Waals surface area contributed by atoms with Gasteiger partial charge in [0, 0.05) is 24.9 Å². The number of nitrogens with two attached hydrogens (primary N) is 2. The molecular formula is C14H27N3O2. The Morgan fingerprint density at radius 3 is 2.68 bits per heavy atom. The largest absolute Gasteiger partial charge is 0.370 e. The highest BCUT2D eigenvalue weighted by atomic mass is 16.2. The molecule has 3 atom stereocenters. The Balaban J connectivity index is 2.19. The van der Waals surface area contributed by atoms with Crippen LogP contribution in [0.2, 0.25) is 0 Å². The predicted octanol–water partition coefficient (Wildman–Crippen LogP) is 0.912. The van der Waals surface area contributed by atoms with E-state index in [9.17, 15) is 9.59 Å². The van der Waals surface area contributed by atoms with Crippen molar-refractivity contribution in [3.63, 3.8) is 0 Å². The van der Waals surface area contributed by atoms with E-state index in [0.717, 1.165) is 38.5 Å². The first-order valence-electron chi connectivity index (χ1n) is 7.32. The minimum atomic E-state index is -0.282. The number of carbonyl (C=O) groups excluding carboxylic acids is 2. The molecule has 3 unspecified atom stereocenters. The van der Waals surface area contributed by atoms with Crippen molar-refractivity contribution in [3.8, 4) is 0 Å². The third-order valence-electron chi connectivity index (χ3n) is 4.03. The average molecular weight is 269 g/mol. The molecule has 5 N–H and O–H groups in total. The van der Waals surface area contributed by atoms with E-state index in [1.165, 1.54) is 0 Å². The van der Waals surface area contributed by atoms with Crippen LogP contribution in [0.25, 0.3) is 0 Å². The van der Waals surface area contributed by atoms with Gasteiger partial charge < -0.3 is 16.8 Å². The molecule has 5 heteroatoms. The molecule has 5 nitrogen and oxygen atoms in total. The van der Waals surface area contributed by atoms with Gasteiger partial charge in [0.05, 0.1) is 0 Å². The first-order chi connectivity index (χ1) is 9.00. The molecule has 19 heavy (non-hydrogen) atoms. The summed E-state index contributed by atoms with van der Waals surface area (Å²) >= 11 is 0. The van der Waals surface area contributed by atoms with E-state index >= 15 is 0 Å². The summed E-state index contributed by atoms with van der Waals surface area (Å²) in [7, 11) is 0. The SMILES string of the molecule is CC(C(=O)NCCCCC(N)=O)C1CCCC(N)C1. The molecule has 1 rings (SSSR count). The van der Waals surface area contributed by atoms with Crippen molar-refractivity contribution in [1.29, 1.82) is 0 Å². The Labute approximate surface area is 115 Å². The fourth-order valence-electron chi connectivity index (χ4n) is 2.73. The third-order valence-corrected chi connectivity index (χ3v) is 4.03. The second kappa shape index (κ2) is 8.15. The monoisotopic (exact) mass is 269 g/mol. The predicted molar refractivity (Wildman–Crippen MR) is 75.2 cm³/mol. The van der Waals surface area contributed by atoms with Gasteiger partial charge in [0.1, 0.15) is 0 Å². The van der Waals surface area contributed by atoms with Gasteiger partial charge in [-0.1, -0.05) is 13.3 Å². The molecular weight excluding hydrogens is 242 g/mol. The van der Waals surface area contributed by atoms with Crippen molar-refractivity contribution in [2.45, 2.75) is 57.9 Å². The van der Waals surface area contributed by atoms with Crippen LogP contribution in [0.3, 0.4) is 0 Å². The number of carbonyl (C=O) groups is 2. The van der Waals surface area contributed by atoms with Gasteiger partial charge in [0.2, 0.25) is 11.8 Å². The zero-order valence-electron chi connectivity index (χ0n) is 11.9. The summed E-state index contributed by atoms with van der Waals surface area (Å²) in [6.45, 7) is 2.61. The number of hydrogen-bond acceptors (Lipinski definition) is 3. The van der Waals surface area contributed by atoms with Gasteiger partial charge in [0.15, 0.2) is 0 Å². The second-order valence-corrected chi connectivity index (χ2v) is 5.69. The molecule has 0 spiro atoms. The molecule has 1 aliphatic carbocycles. The number of nitrogens with one attached hydrogen (secondary N) is 1.